The van der Waals surface area contributed by atoms with Crippen LogP contribution in [0.15, 0.2) is 35.7 Å². The van der Waals surface area contributed by atoms with Crippen molar-refractivity contribution in [3.05, 3.63) is 45.6 Å². The van der Waals surface area contributed by atoms with Crippen molar-refractivity contribution in [1.29, 1.82) is 0 Å². The summed E-state index contributed by atoms with van der Waals surface area (Å²) in [5.74, 6) is 0.677. The Morgan fingerprint density at radius 1 is 1.41 bits per heavy atom. The number of carbonyl (C=O) groups is 1. The van der Waals surface area contributed by atoms with E-state index in [2.05, 4.69) is 10.6 Å². The highest BCUT2D eigenvalue weighted by Crippen LogP contribution is 2.36. The molecule has 1 atom stereocenters. The van der Waals surface area contributed by atoms with Gasteiger partial charge in [-0.05, 0) is 17.5 Å². The third-order valence-electron chi connectivity index (χ3n) is 3.68. The topological polar surface area (TPSA) is 70.6 Å². The molecule has 0 unspecified atom stereocenters. The largest absolute Gasteiger partial charge is 0.493 e. The molecule has 0 saturated carbocycles. The highest BCUT2D eigenvalue weighted by Gasteiger charge is 2.38. The molecule has 1 aliphatic heterocycles. The van der Waals surface area contributed by atoms with E-state index in [9.17, 15) is 9.90 Å². The van der Waals surface area contributed by atoms with E-state index in [0.717, 1.165) is 5.56 Å². The van der Waals surface area contributed by atoms with Gasteiger partial charge in [-0.2, -0.15) is 0 Å². The van der Waals surface area contributed by atoms with Crippen molar-refractivity contribution >= 4 is 34.7 Å². The molecule has 1 aliphatic rings. The molecule has 3 N–H and O–H groups in total. The molecule has 0 fully saturated rings. The summed E-state index contributed by atoms with van der Waals surface area (Å²) in [4.78, 5) is 12.3. The predicted octanol–water partition coefficient (Wildman–Crippen LogP) is 3.19. The number of hydrogen-bond donors (Lipinski definition) is 3. The average molecular weight is 339 g/mol. The zero-order valence-corrected chi connectivity index (χ0v) is 13.2. The normalized spacial score (nSPS) is 19.9. The fourth-order valence-corrected chi connectivity index (χ4v) is 3.38. The molecular formula is C15H15ClN2O3S. The van der Waals surface area contributed by atoms with Crippen LogP contribution in [-0.2, 0) is 5.54 Å². The SMILES string of the molecule is O=C(Nc1ccsc1Cl)N[C@]1(CO)CCOc2ccccc21. The fraction of sp³-hybridized carbons (Fsp3) is 0.267. The molecular weight excluding hydrogens is 324 g/mol. The molecule has 2 aromatic rings. The molecule has 5 nitrogen and oxygen atoms in total. The third-order valence-corrected chi connectivity index (χ3v) is 4.85. The van der Waals surface area contributed by atoms with Crippen LogP contribution in [0.4, 0.5) is 10.5 Å². The van der Waals surface area contributed by atoms with Gasteiger partial charge >= 0.3 is 6.03 Å². The quantitative estimate of drug-likeness (QED) is 0.805. The maximum Gasteiger partial charge on any atom is 0.320 e. The van der Waals surface area contributed by atoms with Crippen LogP contribution in [0.5, 0.6) is 5.75 Å². The highest BCUT2D eigenvalue weighted by molar-refractivity contribution is 7.15. The second kappa shape index (κ2) is 6.16. The van der Waals surface area contributed by atoms with Crippen molar-refractivity contribution in [3.8, 4) is 5.75 Å². The zero-order valence-electron chi connectivity index (χ0n) is 11.6. The lowest BCUT2D eigenvalue weighted by atomic mass is 9.85. The second-order valence-electron chi connectivity index (χ2n) is 5.02. The summed E-state index contributed by atoms with van der Waals surface area (Å²) in [5, 5.41) is 17.3. The highest BCUT2D eigenvalue weighted by atomic mass is 35.5. The number of hydrogen-bond acceptors (Lipinski definition) is 4. The van der Waals surface area contributed by atoms with Gasteiger partial charge in [0.15, 0.2) is 0 Å². The maximum absolute atomic E-state index is 12.3. The van der Waals surface area contributed by atoms with Gasteiger partial charge in [0.25, 0.3) is 0 Å². The molecule has 0 radical (unpaired) electrons. The van der Waals surface area contributed by atoms with Crippen LogP contribution in [0.25, 0.3) is 0 Å². The molecule has 7 heteroatoms. The van der Waals surface area contributed by atoms with Crippen LogP contribution in [0.1, 0.15) is 12.0 Å². The van der Waals surface area contributed by atoms with E-state index in [-0.39, 0.29) is 6.61 Å². The minimum absolute atomic E-state index is 0.210. The Morgan fingerprint density at radius 3 is 2.95 bits per heavy atom. The Labute approximate surface area is 136 Å². The average Bonchev–Trinajstić information content (AvgIpc) is 2.92. The summed E-state index contributed by atoms with van der Waals surface area (Å²) >= 11 is 7.32. The second-order valence-corrected chi connectivity index (χ2v) is 6.54. The van der Waals surface area contributed by atoms with Gasteiger partial charge in [0.2, 0.25) is 0 Å². The molecule has 22 heavy (non-hydrogen) atoms. The van der Waals surface area contributed by atoms with Gasteiger partial charge in [-0.1, -0.05) is 29.8 Å². The van der Waals surface area contributed by atoms with E-state index in [1.807, 2.05) is 24.3 Å². The Hall–Kier alpha value is -1.76. The van der Waals surface area contributed by atoms with Crippen molar-refractivity contribution in [3.63, 3.8) is 0 Å². The van der Waals surface area contributed by atoms with Crippen LogP contribution < -0.4 is 15.4 Å². The van der Waals surface area contributed by atoms with Gasteiger partial charge in [0.05, 0.1) is 24.4 Å². The summed E-state index contributed by atoms with van der Waals surface area (Å²) in [5.41, 5.74) is 0.467. The molecule has 2 heterocycles. The summed E-state index contributed by atoms with van der Waals surface area (Å²) in [7, 11) is 0. The standard InChI is InChI=1S/C15H15ClN2O3S/c16-13-11(5-8-22-13)17-14(20)18-15(9-19)6-7-21-12-4-2-1-3-10(12)15/h1-5,8,19H,6-7,9H2,(H2,17,18,20)/t15-/m0/s1. The van der Waals surface area contributed by atoms with Crippen molar-refractivity contribution < 1.29 is 14.6 Å². The summed E-state index contributed by atoms with van der Waals surface area (Å²) in [6.07, 6.45) is 0.491. The molecule has 0 saturated heterocycles. The van der Waals surface area contributed by atoms with Crippen LogP contribution in [0.3, 0.4) is 0 Å². The number of thiophene rings is 1. The number of amides is 2. The summed E-state index contributed by atoms with van der Waals surface area (Å²) < 4.78 is 6.10. The number of benzene rings is 1. The van der Waals surface area contributed by atoms with Gasteiger partial charge in [-0.25, -0.2) is 4.79 Å². The van der Waals surface area contributed by atoms with E-state index >= 15 is 0 Å². The van der Waals surface area contributed by atoms with E-state index in [1.165, 1.54) is 11.3 Å². The zero-order chi connectivity index (χ0) is 15.6. The number of halogens is 1. The van der Waals surface area contributed by atoms with Crippen LogP contribution in [0.2, 0.25) is 4.34 Å². The smallest absolute Gasteiger partial charge is 0.320 e. The molecule has 0 aliphatic carbocycles. The monoisotopic (exact) mass is 338 g/mol. The summed E-state index contributed by atoms with van der Waals surface area (Å²) in [6.45, 7) is 0.217. The Morgan fingerprint density at radius 2 is 2.23 bits per heavy atom. The lowest BCUT2D eigenvalue weighted by molar-refractivity contribution is 0.115. The number of anilines is 1. The number of rotatable bonds is 3. The number of nitrogens with one attached hydrogen (secondary N) is 2. The minimum atomic E-state index is -0.860. The third kappa shape index (κ3) is 2.77. The van der Waals surface area contributed by atoms with Crippen molar-refractivity contribution in [1.82, 2.24) is 5.32 Å². The van der Waals surface area contributed by atoms with Gasteiger partial charge < -0.3 is 20.5 Å². The van der Waals surface area contributed by atoms with Gasteiger partial charge in [-0.3, -0.25) is 0 Å². The fourth-order valence-electron chi connectivity index (χ4n) is 2.54. The number of urea groups is 1. The molecule has 116 valence electrons. The number of aliphatic hydroxyl groups is 1. The predicted molar refractivity (Wildman–Crippen MR) is 86.8 cm³/mol. The van der Waals surface area contributed by atoms with E-state index in [0.29, 0.717) is 28.8 Å². The van der Waals surface area contributed by atoms with Crippen molar-refractivity contribution in [2.24, 2.45) is 0 Å². The van der Waals surface area contributed by atoms with Crippen molar-refractivity contribution in [2.45, 2.75) is 12.0 Å². The van der Waals surface area contributed by atoms with Crippen LogP contribution >= 0.6 is 22.9 Å². The number of fused-ring (bicyclic) bond motifs is 1. The molecule has 0 bridgehead atoms. The number of carbonyl (C=O) groups excluding carboxylic acids is 1. The lowest BCUT2D eigenvalue weighted by Crippen LogP contribution is -2.52. The summed E-state index contributed by atoms with van der Waals surface area (Å²) in [6, 6.07) is 8.71. The first-order valence-corrected chi connectivity index (χ1v) is 8.06. The van der Waals surface area contributed by atoms with Gasteiger partial charge in [0, 0.05) is 12.0 Å². The van der Waals surface area contributed by atoms with Crippen molar-refractivity contribution in [2.75, 3.05) is 18.5 Å². The number of aliphatic hydroxyl groups excluding tert-OH is 1. The Bertz CT molecular complexity index is 691. The molecule has 1 aromatic heterocycles. The van der Waals surface area contributed by atoms with E-state index < -0.39 is 11.6 Å². The number of ether oxygens (including phenoxy) is 1. The first-order chi connectivity index (χ1) is 10.6. The van der Waals surface area contributed by atoms with Crippen LogP contribution in [0, 0.1) is 0 Å². The Kier molecular flexibility index (Phi) is 4.24. The molecule has 3 rings (SSSR count). The minimum Gasteiger partial charge on any atom is -0.493 e. The molecule has 2 amide bonds. The first-order valence-electron chi connectivity index (χ1n) is 6.80. The lowest BCUT2D eigenvalue weighted by Gasteiger charge is -2.38. The number of para-hydroxylation sites is 1. The molecule has 0 spiro atoms. The molecule has 1 aromatic carbocycles. The van der Waals surface area contributed by atoms with E-state index in [4.69, 9.17) is 16.3 Å². The maximum atomic E-state index is 12.3. The van der Waals surface area contributed by atoms with Crippen LogP contribution in [-0.4, -0.2) is 24.4 Å². The van der Waals surface area contributed by atoms with E-state index in [1.54, 1.807) is 11.4 Å². The van der Waals surface area contributed by atoms with Gasteiger partial charge in [0.1, 0.15) is 10.1 Å². The Balaban J connectivity index is 1.83. The first kappa shape index (κ1) is 15.1. The van der Waals surface area contributed by atoms with Gasteiger partial charge in [-0.15, -0.1) is 11.3 Å².